The Labute approximate surface area is 148 Å². The van der Waals surface area contributed by atoms with Crippen molar-refractivity contribution in [3.05, 3.63) is 58.6 Å². The molecule has 0 heterocycles. The lowest BCUT2D eigenvalue weighted by Crippen LogP contribution is -2.28. The van der Waals surface area contributed by atoms with Crippen LogP contribution in [0.1, 0.15) is 30.9 Å². The Hall–Kier alpha value is -2.20. The summed E-state index contributed by atoms with van der Waals surface area (Å²) in [6.45, 7) is 5.20. The van der Waals surface area contributed by atoms with Crippen LogP contribution in [0, 0.1) is 6.92 Å². The van der Waals surface area contributed by atoms with Gasteiger partial charge in [-0.05, 0) is 54.8 Å². The molecule has 0 atom stereocenters. The summed E-state index contributed by atoms with van der Waals surface area (Å²) < 4.78 is 5.59. The van der Waals surface area contributed by atoms with Gasteiger partial charge in [-0.1, -0.05) is 37.1 Å². The zero-order chi connectivity index (χ0) is 17.4. The number of hydrogen-bond acceptors (Lipinski definition) is 2. The van der Waals surface area contributed by atoms with Gasteiger partial charge in [0, 0.05) is 17.3 Å². The zero-order valence-corrected chi connectivity index (χ0v) is 14.8. The molecule has 0 aliphatic carbocycles. The lowest BCUT2D eigenvalue weighted by Gasteiger charge is -2.10. The molecule has 2 rings (SSSR count). The number of ether oxygens (including phenoxy) is 1. The third-order valence-corrected chi connectivity index (χ3v) is 3.98. The summed E-state index contributed by atoms with van der Waals surface area (Å²) >= 11 is 6.08. The molecule has 0 unspecified atom stereocenters. The number of aryl methyl sites for hydroxylation is 1. The number of carbonyl (C=O) groups is 1. The standard InChI is InChI=1S/C19H23ClN2O2/c1-3-4-11-24-17-9-7-16(8-10-17)22-19(23)21-13-15-6-5-14(2)18(20)12-15/h5-10,12H,3-4,11,13H2,1-2H3,(H2,21,22,23). The quantitative estimate of drug-likeness (QED) is 0.681. The average molecular weight is 347 g/mol. The minimum atomic E-state index is -0.258. The van der Waals surface area contributed by atoms with Gasteiger partial charge < -0.3 is 15.4 Å². The van der Waals surface area contributed by atoms with Gasteiger partial charge in [-0.3, -0.25) is 0 Å². The fourth-order valence-electron chi connectivity index (χ4n) is 2.07. The van der Waals surface area contributed by atoms with Crippen LogP contribution >= 0.6 is 11.6 Å². The van der Waals surface area contributed by atoms with E-state index in [1.165, 1.54) is 0 Å². The molecule has 0 aromatic heterocycles. The number of rotatable bonds is 7. The molecule has 2 aromatic carbocycles. The van der Waals surface area contributed by atoms with Crippen molar-refractivity contribution in [1.82, 2.24) is 5.32 Å². The normalized spacial score (nSPS) is 10.3. The molecule has 0 radical (unpaired) electrons. The highest BCUT2D eigenvalue weighted by Gasteiger charge is 2.03. The van der Waals surface area contributed by atoms with E-state index in [4.69, 9.17) is 16.3 Å². The Morgan fingerprint density at radius 3 is 2.58 bits per heavy atom. The van der Waals surface area contributed by atoms with Gasteiger partial charge in [0.2, 0.25) is 0 Å². The van der Waals surface area contributed by atoms with Gasteiger partial charge in [0.05, 0.1) is 6.61 Å². The molecule has 4 nitrogen and oxygen atoms in total. The smallest absolute Gasteiger partial charge is 0.319 e. The highest BCUT2D eigenvalue weighted by Crippen LogP contribution is 2.17. The molecule has 5 heteroatoms. The average Bonchev–Trinajstić information content (AvgIpc) is 2.58. The second-order valence-corrected chi connectivity index (χ2v) is 6.02. The number of benzene rings is 2. The van der Waals surface area contributed by atoms with Crippen molar-refractivity contribution < 1.29 is 9.53 Å². The molecule has 2 amide bonds. The van der Waals surface area contributed by atoms with Crippen LogP contribution in [-0.4, -0.2) is 12.6 Å². The molecular weight excluding hydrogens is 324 g/mol. The molecule has 0 saturated heterocycles. The van der Waals surface area contributed by atoms with E-state index in [1.54, 1.807) is 0 Å². The van der Waals surface area contributed by atoms with Crippen molar-refractivity contribution >= 4 is 23.3 Å². The topological polar surface area (TPSA) is 50.4 Å². The van der Waals surface area contributed by atoms with Gasteiger partial charge in [-0.25, -0.2) is 4.79 Å². The molecule has 128 valence electrons. The van der Waals surface area contributed by atoms with Crippen molar-refractivity contribution in [2.24, 2.45) is 0 Å². The highest BCUT2D eigenvalue weighted by molar-refractivity contribution is 6.31. The number of amides is 2. The van der Waals surface area contributed by atoms with Crippen LogP contribution in [0.5, 0.6) is 5.75 Å². The monoisotopic (exact) mass is 346 g/mol. The second-order valence-electron chi connectivity index (χ2n) is 5.62. The second kappa shape index (κ2) is 9.18. The van der Waals surface area contributed by atoms with Crippen LogP contribution in [0.15, 0.2) is 42.5 Å². The molecule has 0 fully saturated rings. The van der Waals surface area contributed by atoms with E-state index in [0.717, 1.165) is 35.4 Å². The number of nitrogens with one attached hydrogen (secondary N) is 2. The van der Waals surface area contributed by atoms with Crippen LogP contribution < -0.4 is 15.4 Å². The van der Waals surface area contributed by atoms with Crippen molar-refractivity contribution in [2.45, 2.75) is 33.2 Å². The minimum absolute atomic E-state index is 0.258. The fraction of sp³-hybridized carbons (Fsp3) is 0.316. The van der Waals surface area contributed by atoms with Crippen molar-refractivity contribution in [2.75, 3.05) is 11.9 Å². The van der Waals surface area contributed by atoms with E-state index in [9.17, 15) is 4.79 Å². The molecule has 2 aromatic rings. The molecule has 0 saturated carbocycles. The molecular formula is C19H23ClN2O2. The molecule has 0 aliphatic heterocycles. The summed E-state index contributed by atoms with van der Waals surface area (Å²) in [5.74, 6) is 0.809. The van der Waals surface area contributed by atoms with Crippen LogP contribution in [-0.2, 0) is 6.54 Å². The SMILES string of the molecule is CCCCOc1ccc(NC(=O)NCc2ccc(C)c(Cl)c2)cc1. The first kappa shape index (κ1) is 18.1. The number of carbonyl (C=O) groups excluding carboxylic acids is 1. The number of unbranched alkanes of at least 4 members (excludes halogenated alkanes) is 1. The Bertz CT molecular complexity index is 672. The Balaban J connectivity index is 1.80. The fourth-order valence-corrected chi connectivity index (χ4v) is 2.28. The maximum atomic E-state index is 11.9. The number of hydrogen-bond donors (Lipinski definition) is 2. The summed E-state index contributed by atoms with van der Waals surface area (Å²) in [5.41, 5.74) is 2.70. The molecule has 0 spiro atoms. The van der Waals surface area contributed by atoms with E-state index < -0.39 is 0 Å². The molecule has 0 aliphatic rings. The predicted molar refractivity (Wildman–Crippen MR) is 98.9 cm³/mol. The lowest BCUT2D eigenvalue weighted by molar-refractivity contribution is 0.251. The Morgan fingerprint density at radius 1 is 1.17 bits per heavy atom. The first-order valence-corrected chi connectivity index (χ1v) is 8.49. The third kappa shape index (κ3) is 5.78. The van der Waals surface area contributed by atoms with E-state index in [-0.39, 0.29) is 6.03 Å². The summed E-state index contributed by atoms with van der Waals surface area (Å²) in [7, 11) is 0. The highest BCUT2D eigenvalue weighted by atomic mass is 35.5. The third-order valence-electron chi connectivity index (χ3n) is 3.57. The number of urea groups is 1. The summed E-state index contributed by atoms with van der Waals surface area (Å²) in [4.78, 5) is 11.9. The van der Waals surface area contributed by atoms with Crippen molar-refractivity contribution in [1.29, 1.82) is 0 Å². The first-order chi connectivity index (χ1) is 11.6. The molecule has 2 N–H and O–H groups in total. The Morgan fingerprint density at radius 2 is 1.92 bits per heavy atom. The first-order valence-electron chi connectivity index (χ1n) is 8.11. The van der Waals surface area contributed by atoms with Gasteiger partial charge in [-0.2, -0.15) is 0 Å². The summed E-state index contributed by atoms with van der Waals surface area (Å²) in [5, 5.41) is 6.31. The van der Waals surface area contributed by atoms with E-state index in [1.807, 2.05) is 49.4 Å². The van der Waals surface area contributed by atoms with Crippen LogP contribution in [0.3, 0.4) is 0 Å². The van der Waals surface area contributed by atoms with Crippen LogP contribution in [0.25, 0.3) is 0 Å². The van der Waals surface area contributed by atoms with Gasteiger partial charge >= 0.3 is 6.03 Å². The molecule has 24 heavy (non-hydrogen) atoms. The van der Waals surface area contributed by atoms with Crippen LogP contribution in [0.2, 0.25) is 5.02 Å². The predicted octanol–water partition coefficient (Wildman–Crippen LogP) is 5.15. The maximum Gasteiger partial charge on any atom is 0.319 e. The van der Waals surface area contributed by atoms with Gasteiger partial charge in [0.1, 0.15) is 5.75 Å². The van der Waals surface area contributed by atoms with E-state index in [2.05, 4.69) is 17.6 Å². The minimum Gasteiger partial charge on any atom is -0.494 e. The van der Waals surface area contributed by atoms with Crippen molar-refractivity contribution in [3.8, 4) is 5.75 Å². The van der Waals surface area contributed by atoms with Gasteiger partial charge in [0.25, 0.3) is 0 Å². The number of anilines is 1. The maximum absolute atomic E-state index is 11.9. The lowest BCUT2D eigenvalue weighted by atomic mass is 10.1. The largest absolute Gasteiger partial charge is 0.494 e. The number of halogens is 1. The van der Waals surface area contributed by atoms with E-state index >= 15 is 0 Å². The van der Waals surface area contributed by atoms with Crippen LogP contribution in [0.4, 0.5) is 10.5 Å². The van der Waals surface area contributed by atoms with Crippen molar-refractivity contribution in [3.63, 3.8) is 0 Å². The summed E-state index contributed by atoms with van der Waals surface area (Å²) in [6.07, 6.45) is 2.14. The van der Waals surface area contributed by atoms with Gasteiger partial charge in [0.15, 0.2) is 0 Å². The zero-order valence-electron chi connectivity index (χ0n) is 14.1. The summed E-state index contributed by atoms with van der Waals surface area (Å²) in [6, 6.07) is 12.8. The Kier molecular flexibility index (Phi) is 6.94. The van der Waals surface area contributed by atoms with Gasteiger partial charge in [-0.15, -0.1) is 0 Å². The molecule has 0 bridgehead atoms. The van der Waals surface area contributed by atoms with E-state index in [0.29, 0.717) is 18.2 Å².